The molecule has 0 bridgehead atoms. The highest BCUT2D eigenvalue weighted by molar-refractivity contribution is 6.09. The summed E-state index contributed by atoms with van der Waals surface area (Å²) in [4.78, 5) is 26.6. The number of rotatable bonds is 5. The fourth-order valence-electron chi connectivity index (χ4n) is 3.44. The molecule has 180 valence electrons. The number of hydrogen-bond donors (Lipinski definition) is 0. The van der Waals surface area contributed by atoms with E-state index in [1.165, 1.54) is 42.3 Å². The van der Waals surface area contributed by atoms with E-state index in [2.05, 4.69) is 0 Å². The highest BCUT2D eigenvalue weighted by Gasteiger charge is 2.31. The second kappa shape index (κ2) is 9.54. The van der Waals surface area contributed by atoms with Crippen molar-refractivity contribution in [3.8, 4) is 11.5 Å². The van der Waals surface area contributed by atoms with E-state index in [0.29, 0.717) is 17.0 Å². The summed E-state index contributed by atoms with van der Waals surface area (Å²) < 4.78 is 54.7. The van der Waals surface area contributed by atoms with Crippen molar-refractivity contribution in [2.45, 2.75) is 12.8 Å². The third-order valence-electron chi connectivity index (χ3n) is 5.33. The number of carbonyl (C=O) groups is 2. The zero-order valence-electron chi connectivity index (χ0n) is 18.8. The molecule has 6 nitrogen and oxygen atoms in total. The molecule has 1 aliphatic rings. The number of ether oxygens (including phenoxy) is 3. The Hall–Kier alpha value is -4.27. The second-order valence-corrected chi connectivity index (χ2v) is 7.70. The standard InChI is InChI=1S/C26H20F3NO5/c1-30-21-11-8-18(25(32)34-15-17-4-3-5-20(12-17)33-2)14-22(21)35-23(24(30)31)13-16-6-9-19(10-7-16)26(27,28)29/h3-14H,15H2,1-2H3. The largest absolute Gasteiger partial charge is 0.497 e. The molecule has 0 radical (unpaired) electrons. The zero-order valence-corrected chi connectivity index (χ0v) is 18.8. The Morgan fingerprint density at radius 2 is 1.80 bits per heavy atom. The maximum absolute atomic E-state index is 12.8. The number of carbonyl (C=O) groups excluding carboxylic acids is 2. The predicted molar refractivity (Wildman–Crippen MR) is 122 cm³/mol. The van der Waals surface area contributed by atoms with Gasteiger partial charge in [0.2, 0.25) is 0 Å². The van der Waals surface area contributed by atoms with Crippen molar-refractivity contribution in [2.75, 3.05) is 19.1 Å². The van der Waals surface area contributed by atoms with Crippen molar-refractivity contribution in [2.24, 2.45) is 0 Å². The van der Waals surface area contributed by atoms with Gasteiger partial charge in [-0.05, 0) is 59.7 Å². The summed E-state index contributed by atoms with van der Waals surface area (Å²) in [5.74, 6) is -0.290. The van der Waals surface area contributed by atoms with Gasteiger partial charge in [0.1, 0.15) is 12.4 Å². The van der Waals surface area contributed by atoms with Crippen LogP contribution in [0.15, 0.2) is 72.5 Å². The summed E-state index contributed by atoms with van der Waals surface area (Å²) in [5, 5.41) is 0. The van der Waals surface area contributed by atoms with Gasteiger partial charge < -0.3 is 19.1 Å². The number of methoxy groups -OCH3 is 1. The van der Waals surface area contributed by atoms with Crippen molar-refractivity contribution in [3.63, 3.8) is 0 Å². The first-order valence-electron chi connectivity index (χ1n) is 10.4. The molecule has 3 aromatic rings. The molecule has 0 aromatic heterocycles. The van der Waals surface area contributed by atoms with Crippen molar-refractivity contribution >= 4 is 23.6 Å². The van der Waals surface area contributed by atoms with Crippen LogP contribution in [0.1, 0.15) is 27.0 Å². The average Bonchev–Trinajstić information content (AvgIpc) is 2.85. The number of nitrogens with zero attached hydrogens (tertiary/aromatic N) is 1. The Balaban J connectivity index is 1.53. The Labute approximate surface area is 199 Å². The van der Waals surface area contributed by atoms with Gasteiger partial charge in [-0.3, -0.25) is 4.79 Å². The first-order chi connectivity index (χ1) is 16.7. The maximum atomic E-state index is 12.8. The lowest BCUT2D eigenvalue weighted by molar-refractivity contribution is -0.137. The van der Waals surface area contributed by atoms with E-state index in [1.807, 2.05) is 0 Å². The minimum Gasteiger partial charge on any atom is -0.497 e. The van der Waals surface area contributed by atoms with Gasteiger partial charge in [0.25, 0.3) is 5.91 Å². The first-order valence-corrected chi connectivity index (χ1v) is 10.4. The fraction of sp³-hybridized carbons (Fsp3) is 0.154. The molecule has 1 amide bonds. The van der Waals surface area contributed by atoms with Crippen molar-refractivity contribution in [1.82, 2.24) is 0 Å². The molecule has 1 aliphatic heterocycles. The van der Waals surface area contributed by atoms with E-state index in [9.17, 15) is 22.8 Å². The molecule has 0 N–H and O–H groups in total. The summed E-state index contributed by atoms with van der Waals surface area (Å²) in [6, 6.07) is 16.0. The fourth-order valence-corrected chi connectivity index (χ4v) is 3.44. The second-order valence-electron chi connectivity index (χ2n) is 7.70. The molecule has 3 aromatic carbocycles. The molecule has 0 spiro atoms. The molecular weight excluding hydrogens is 463 g/mol. The number of esters is 1. The van der Waals surface area contributed by atoms with E-state index in [-0.39, 0.29) is 23.7 Å². The number of anilines is 1. The van der Waals surface area contributed by atoms with Crippen LogP contribution < -0.4 is 14.4 Å². The van der Waals surface area contributed by atoms with Crippen LogP contribution in [0.2, 0.25) is 0 Å². The highest BCUT2D eigenvalue weighted by Crippen LogP contribution is 2.36. The van der Waals surface area contributed by atoms with Crippen molar-refractivity contribution in [1.29, 1.82) is 0 Å². The minimum absolute atomic E-state index is 0.0332. The van der Waals surface area contributed by atoms with E-state index in [1.54, 1.807) is 37.4 Å². The molecule has 0 aliphatic carbocycles. The Bertz CT molecular complexity index is 1300. The normalized spacial score (nSPS) is 14.4. The monoisotopic (exact) mass is 483 g/mol. The molecule has 0 atom stereocenters. The Morgan fingerprint density at radius 3 is 2.49 bits per heavy atom. The third-order valence-corrected chi connectivity index (χ3v) is 5.33. The zero-order chi connectivity index (χ0) is 25.2. The highest BCUT2D eigenvalue weighted by atomic mass is 19.4. The van der Waals surface area contributed by atoms with Crippen LogP contribution in [-0.2, 0) is 22.3 Å². The van der Waals surface area contributed by atoms with Gasteiger partial charge in [0, 0.05) is 7.05 Å². The quantitative estimate of drug-likeness (QED) is 0.356. The number of alkyl halides is 3. The van der Waals surface area contributed by atoms with Gasteiger partial charge in [-0.2, -0.15) is 13.2 Å². The number of hydrogen-bond acceptors (Lipinski definition) is 5. The summed E-state index contributed by atoms with van der Waals surface area (Å²) in [6.07, 6.45) is -3.12. The molecule has 4 rings (SSSR count). The topological polar surface area (TPSA) is 65.1 Å². The van der Waals surface area contributed by atoms with Crippen LogP contribution >= 0.6 is 0 Å². The van der Waals surface area contributed by atoms with Crippen LogP contribution in [0, 0.1) is 0 Å². The van der Waals surface area contributed by atoms with Crippen molar-refractivity contribution < 1.29 is 37.0 Å². The Morgan fingerprint density at radius 1 is 1.06 bits per heavy atom. The van der Waals surface area contributed by atoms with E-state index >= 15 is 0 Å². The SMILES string of the molecule is COc1cccc(COC(=O)c2ccc3c(c2)OC(=Cc2ccc(C(F)(F)F)cc2)C(=O)N3C)c1. The molecule has 1 heterocycles. The number of likely N-dealkylation sites (N-methyl/N-ethyl adjacent to an activating group) is 1. The molecule has 0 saturated carbocycles. The molecule has 0 unspecified atom stereocenters. The van der Waals surface area contributed by atoms with Gasteiger partial charge in [0.15, 0.2) is 11.5 Å². The van der Waals surface area contributed by atoms with Crippen LogP contribution in [0.3, 0.4) is 0 Å². The van der Waals surface area contributed by atoms with E-state index in [0.717, 1.165) is 17.7 Å². The number of fused-ring (bicyclic) bond motifs is 1. The van der Waals surface area contributed by atoms with Gasteiger partial charge in [-0.15, -0.1) is 0 Å². The predicted octanol–water partition coefficient (Wildman–Crippen LogP) is 5.47. The molecule has 9 heteroatoms. The van der Waals surface area contributed by atoms with Crippen LogP contribution in [0.5, 0.6) is 11.5 Å². The van der Waals surface area contributed by atoms with E-state index < -0.39 is 23.6 Å². The Kier molecular flexibility index (Phi) is 6.50. The van der Waals surface area contributed by atoms with Gasteiger partial charge in [-0.1, -0.05) is 24.3 Å². The van der Waals surface area contributed by atoms with Crippen LogP contribution in [-0.4, -0.2) is 26.0 Å². The average molecular weight is 483 g/mol. The summed E-state index contributed by atoms with van der Waals surface area (Å²) in [5.41, 5.74) is 0.952. The molecule has 0 fully saturated rings. The van der Waals surface area contributed by atoms with E-state index in [4.69, 9.17) is 14.2 Å². The maximum Gasteiger partial charge on any atom is 0.416 e. The van der Waals surface area contributed by atoms with Gasteiger partial charge >= 0.3 is 12.1 Å². The lowest BCUT2D eigenvalue weighted by atomic mass is 10.1. The number of benzene rings is 3. The smallest absolute Gasteiger partial charge is 0.416 e. The van der Waals surface area contributed by atoms with Crippen molar-refractivity contribution in [3.05, 3.63) is 94.7 Å². The minimum atomic E-state index is -4.46. The molecular formula is C26H20F3NO5. The number of halogens is 3. The van der Waals surface area contributed by atoms with Crippen LogP contribution in [0.25, 0.3) is 6.08 Å². The number of amides is 1. The summed E-state index contributed by atoms with van der Waals surface area (Å²) >= 11 is 0. The lowest BCUT2D eigenvalue weighted by Gasteiger charge is -2.27. The van der Waals surface area contributed by atoms with Gasteiger partial charge in [0.05, 0.1) is 23.9 Å². The van der Waals surface area contributed by atoms with Crippen LogP contribution in [0.4, 0.5) is 18.9 Å². The summed E-state index contributed by atoms with van der Waals surface area (Å²) in [6.45, 7) is 0.0332. The molecule has 35 heavy (non-hydrogen) atoms. The summed E-state index contributed by atoms with van der Waals surface area (Å²) in [7, 11) is 3.07. The molecule has 0 saturated heterocycles. The lowest BCUT2D eigenvalue weighted by Crippen LogP contribution is -2.34. The van der Waals surface area contributed by atoms with Gasteiger partial charge in [-0.25, -0.2) is 4.79 Å². The third kappa shape index (κ3) is 5.29. The first kappa shape index (κ1) is 23.9.